The monoisotopic (exact) mass is 246 g/mol. The van der Waals surface area contributed by atoms with Crippen LogP contribution in [0.3, 0.4) is 0 Å². The summed E-state index contributed by atoms with van der Waals surface area (Å²) in [5.41, 5.74) is 1.13. The van der Waals surface area contributed by atoms with Gasteiger partial charge < -0.3 is 4.90 Å². The van der Waals surface area contributed by atoms with E-state index in [-0.39, 0.29) is 5.91 Å². The highest BCUT2D eigenvalue weighted by Gasteiger charge is 2.24. The van der Waals surface area contributed by atoms with E-state index in [1.807, 2.05) is 18.8 Å². The second kappa shape index (κ2) is 5.24. The van der Waals surface area contributed by atoms with Gasteiger partial charge in [0.1, 0.15) is 0 Å². The SMILES string of the molecule is CN(C(=O)c1cccc(C#N)c1)C1CCSC1. The van der Waals surface area contributed by atoms with E-state index in [0.717, 1.165) is 17.9 Å². The molecule has 3 nitrogen and oxygen atoms in total. The van der Waals surface area contributed by atoms with Crippen molar-refractivity contribution in [1.82, 2.24) is 4.90 Å². The van der Waals surface area contributed by atoms with E-state index < -0.39 is 0 Å². The molecule has 1 heterocycles. The third-order valence-electron chi connectivity index (χ3n) is 3.01. The van der Waals surface area contributed by atoms with E-state index in [2.05, 4.69) is 6.07 Å². The fourth-order valence-electron chi connectivity index (χ4n) is 1.92. The molecule has 1 aromatic rings. The highest BCUT2D eigenvalue weighted by molar-refractivity contribution is 7.99. The van der Waals surface area contributed by atoms with Crippen molar-refractivity contribution in [2.45, 2.75) is 12.5 Å². The van der Waals surface area contributed by atoms with Gasteiger partial charge in [-0.05, 0) is 30.4 Å². The summed E-state index contributed by atoms with van der Waals surface area (Å²) in [6, 6.07) is 9.27. The Morgan fingerprint density at radius 2 is 2.41 bits per heavy atom. The van der Waals surface area contributed by atoms with E-state index in [1.165, 1.54) is 0 Å². The van der Waals surface area contributed by atoms with Crippen LogP contribution in [0.2, 0.25) is 0 Å². The molecule has 4 heteroatoms. The van der Waals surface area contributed by atoms with Crippen molar-refractivity contribution in [2.24, 2.45) is 0 Å². The number of thioether (sulfide) groups is 1. The molecule has 0 aliphatic carbocycles. The van der Waals surface area contributed by atoms with Crippen molar-refractivity contribution >= 4 is 17.7 Å². The van der Waals surface area contributed by atoms with Gasteiger partial charge in [-0.3, -0.25) is 4.79 Å². The first-order valence-corrected chi connectivity index (χ1v) is 6.73. The Balaban J connectivity index is 2.15. The second-order valence-corrected chi connectivity index (χ2v) is 5.28. The molecule has 1 fully saturated rings. The molecule has 1 amide bonds. The largest absolute Gasteiger partial charge is 0.338 e. The summed E-state index contributed by atoms with van der Waals surface area (Å²) < 4.78 is 0. The molecule has 17 heavy (non-hydrogen) atoms. The zero-order valence-electron chi connectivity index (χ0n) is 9.72. The fourth-order valence-corrected chi connectivity index (χ4v) is 3.19. The average molecular weight is 246 g/mol. The topological polar surface area (TPSA) is 44.1 Å². The molecular weight excluding hydrogens is 232 g/mol. The minimum absolute atomic E-state index is 0.00889. The predicted molar refractivity (Wildman–Crippen MR) is 69.0 cm³/mol. The van der Waals surface area contributed by atoms with Gasteiger partial charge in [-0.1, -0.05) is 6.07 Å². The standard InChI is InChI=1S/C13H14N2OS/c1-15(12-5-6-17-9-12)13(16)11-4-2-3-10(7-11)8-14/h2-4,7,12H,5-6,9H2,1H3. The van der Waals surface area contributed by atoms with Crippen LogP contribution < -0.4 is 0 Å². The first-order valence-electron chi connectivity index (χ1n) is 5.57. The molecule has 1 saturated heterocycles. The van der Waals surface area contributed by atoms with Crippen molar-refractivity contribution < 1.29 is 4.79 Å². The lowest BCUT2D eigenvalue weighted by Crippen LogP contribution is -2.36. The maximum absolute atomic E-state index is 12.2. The molecular formula is C13H14N2OS. The Hall–Kier alpha value is -1.47. The fraction of sp³-hybridized carbons (Fsp3) is 0.385. The normalized spacial score (nSPS) is 18.7. The van der Waals surface area contributed by atoms with Gasteiger partial charge in [0.2, 0.25) is 0 Å². The van der Waals surface area contributed by atoms with Crippen LogP contribution in [-0.4, -0.2) is 35.4 Å². The highest BCUT2D eigenvalue weighted by atomic mass is 32.2. The van der Waals surface area contributed by atoms with Crippen LogP contribution in [0.5, 0.6) is 0 Å². The van der Waals surface area contributed by atoms with Crippen LogP contribution in [0.25, 0.3) is 0 Å². The molecule has 1 aromatic carbocycles. The Morgan fingerprint density at radius 3 is 3.06 bits per heavy atom. The predicted octanol–water partition coefficient (Wildman–Crippen LogP) is 2.14. The molecule has 0 radical (unpaired) electrons. The molecule has 0 spiro atoms. The number of carbonyl (C=O) groups excluding carboxylic acids is 1. The Bertz CT molecular complexity index is 461. The molecule has 0 bridgehead atoms. The van der Waals surface area contributed by atoms with E-state index >= 15 is 0 Å². The van der Waals surface area contributed by atoms with Crippen molar-refractivity contribution in [3.63, 3.8) is 0 Å². The van der Waals surface area contributed by atoms with Crippen LogP contribution in [0.1, 0.15) is 22.3 Å². The molecule has 1 aliphatic heterocycles. The summed E-state index contributed by atoms with van der Waals surface area (Å²) in [5.74, 6) is 2.15. The maximum atomic E-state index is 12.2. The number of hydrogen-bond donors (Lipinski definition) is 0. The number of hydrogen-bond acceptors (Lipinski definition) is 3. The minimum Gasteiger partial charge on any atom is -0.338 e. The number of amides is 1. The van der Waals surface area contributed by atoms with E-state index in [9.17, 15) is 4.79 Å². The molecule has 0 N–H and O–H groups in total. The lowest BCUT2D eigenvalue weighted by Gasteiger charge is -2.23. The zero-order valence-corrected chi connectivity index (χ0v) is 10.5. The Kier molecular flexibility index (Phi) is 3.70. The third-order valence-corrected chi connectivity index (χ3v) is 4.16. The van der Waals surface area contributed by atoms with Crippen LogP contribution in [0.15, 0.2) is 24.3 Å². The van der Waals surface area contributed by atoms with Crippen LogP contribution in [0, 0.1) is 11.3 Å². The van der Waals surface area contributed by atoms with Crippen molar-refractivity contribution in [1.29, 1.82) is 5.26 Å². The summed E-state index contributed by atoms with van der Waals surface area (Å²) in [7, 11) is 1.85. The molecule has 88 valence electrons. The van der Waals surface area contributed by atoms with Gasteiger partial charge in [-0.15, -0.1) is 0 Å². The van der Waals surface area contributed by atoms with Crippen LogP contribution in [0.4, 0.5) is 0 Å². The first-order chi connectivity index (χ1) is 8.22. The molecule has 1 unspecified atom stereocenters. The van der Waals surface area contributed by atoms with E-state index in [0.29, 0.717) is 17.2 Å². The quantitative estimate of drug-likeness (QED) is 0.803. The average Bonchev–Trinajstić information content (AvgIpc) is 2.91. The molecule has 1 atom stereocenters. The number of nitriles is 1. The zero-order chi connectivity index (χ0) is 12.3. The number of rotatable bonds is 2. The van der Waals surface area contributed by atoms with Gasteiger partial charge in [-0.2, -0.15) is 17.0 Å². The smallest absolute Gasteiger partial charge is 0.253 e. The van der Waals surface area contributed by atoms with Gasteiger partial charge in [0.05, 0.1) is 11.6 Å². The number of carbonyl (C=O) groups is 1. The summed E-state index contributed by atoms with van der Waals surface area (Å²) in [5, 5.41) is 8.82. The number of nitrogens with zero attached hydrogens (tertiary/aromatic N) is 2. The van der Waals surface area contributed by atoms with Crippen molar-refractivity contribution in [3.05, 3.63) is 35.4 Å². The van der Waals surface area contributed by atoms with Crippen molar-refractivity contribution in [3.8, 4) is 6.07 Å². The Morgan fingerprint density at radius 1 is 1.59 bits per heavy atom. The summed E-state index contributed by atoms with van der Waals surface area (Å²) >= 11 is 1.88. The van der Waals surface area contributed by atoms with Gasteiger partial charge in [0.15, 0.2) is 0 Å². The minimum atomic E-state index is 0.00889. The highest BCUT2D eigenvalue weighted by Crippen LogP contribution is 2.22. The number of benzene rings is 1. The van der Waals surface area contributed by atoms with Gasteiger partial charge in [-0.25, -0.2) is 0 Å². The van der Waals surface area contributed by atoms with Crippen LogP contribution >= 0.6 is 11.8 Å². The maximum Gasteiger partial charge on any atom is 0.253 e. The summed E-state index contributed by atoms with van der Waals surface area (Å²) in [6.45, 7) is 0. The first kappa shape index (κ1) is 12.0. The van der Waals surface area contributed by atoms with E-state index in [4.69, 9.17) is 5.26 Å². The van der Waals surface area contributed by atoms with Gasteiger partial charge >= 0.3 is 0 Å². The Labute approximate surface area is 105 Å². The molecule has 0 aromatic heterocycles. The van der Waals surface area contributed by atoms with Crippen molar-refractivity contribution in [2.75, 3.05) is 18.6 Å². The summed E-state index contributed by atoms with van der Waals surface area (Å²) in [4.78, 5) is 14.0. The molecule has 2 rings (SSSR count). The lowest BCUT2D eigenvalue weighted by atomic mass is 10.1. The molecule has 1 aliphatic rings. The second-order valence-electron chi connectivity index (χ2n) is 4.13. The van der Waals surface area contributed by atoms with Crippen LogP contribution in [-0.2, 0) is 0 Å². The molecule has 0 saturated carbocycles. The van der Waals surface area contributed by atoms with E-state index in [1.54, 1.807) is 29.2 Å². The third kappa shape index (κ3) is 2.62. The van der Waals surface area contributed by atoms with Gasteiger partial charge in [0.25, 0.3) is 5.91 Å². The lowest BCUT2D eigenvalue weighted by molar-refractivity contribution is 0.0748. The summed E-state index contributed by atoms with van der Waals surface area (Å²) in [6.07, 6.45) is 1.06. The van der Waals surface area contributed by atoms with Gasteiger partial charge in [0, 0.05) is 24.4 Å².